The Morgan fingerprint density at radius 3 is 2.54 bits per heavy atom. The predicted octanol–water partition coefficient (Wildman–Crippen LogP) is 2.21. The van der Waals surface area contributed by atoms with E-state index in [4.69, 9.17) is 26.6 Å². The molecule has 2 aromatic carbocycles. The van der Waals surface area contributed by atoms with E-state index in [1.165, 1.54) is 11.9 Å². The molecule has 2 aromatic heterocycles. The summed E-state index contributed by atoms with van der Waals surface area (Å²) < 4.78 is 12.3. The van der Waals surface area contributed by atoms with Crippen molar-refractivity contribution in [2.24, 2.45) is 0 Å². The molecule has 0 aliphatic carbocycles. The molecule has 2 aliphatic heterocycles. The zero-order valence-electron chi connectivity index (χ0n) is 25.4. The lowest BCUT2D eigenvalue weighted by Crippen LogP contribution is -2.49. The van der Waals surface area contributed by atoms with Crippen molar-refractivity contribution in [3.63, 3.8) is 0 Å². The van der Waals surface area contributed by atoms with Gasteiger partial charge >= 0.3 is 5.97 Å². The molecule has 2 saturated heterocycles. The lowest BCUT2D eigenvalue weighted by Gasteiger charge is -2.34. The van der Waals surface area contributed by atoms with Gasteiger partial charge in [0, 0.05) is 63.3 Å². The molecule has 2 fully saturated rings. The second-order valence-electron chi connectivity index (χ2n) is 10.8. The van der Waals surface area contributed by atoms with Crippen LogP contribution in [0, 0.1) is 0 Å². The zero-order valence-corrected chi connectivity index (χ0v) is 26.1. The number of anilines is 1. The average molecular weight is 653 g/mol. The molecule has 2 atom stereocenters. The van der Waals surface area contributed by atoms with Crippen LogP contribution in [0.15, 0.2) is 61.2 Å². The van der Waals surface area contributed by atoms with Crippen molar-refractivity contribution in [1.82, 2.24) is 29.4 Å². The number of benzene rings is 2. The molecule has 2 aliphatic rings. The quantitative estimate of drug-likeness (QED) is 0.198. The first-order valence-corrected chi connectivity index (χ1v) is 15.3. The molecule has 1 amide bonds. The van der Waals surface area contributed by atoms with Gasteiger partial charge in [-0.2, -0.15) is 0 Å². The fourth-order valence-corrected chi connectivity index (χ4v) is 5.34. The number of amides is 1. The summed E-state index contributed by atoms with van der Waals surface area (Å²) in [4.78, 5) is 40.2. The van der Waals surface area contributed by atoms with E-state index in [1.807, 2.05) is 17.0 Å². The fraction of sp³-hybridized carbons (Fsp3) is 0.387. The molecule has 0 saturated carbocycles. The van der Waals surface area contributed by atoms with Gasteiger partial charge in [0.2, 0.25) is 0 Å². The van der Waals surface area contributed by atoms with E-state index in [2.05, 4.69) is 59.6 Å². The monoisotopic (exact) mass is 652 g/mol. The molecule has 4 N–H and O–H groups in total. The molecular weight excluding hydrogens is 616 g/mol. The fourth-order valence-electron chi connectivity index (χ4n) is 5.14. The normalized spacial score (nSPS) is 18.1. The number of carbonyl (C=O) groups is 2. The first-order valence-electron chi connectivity index (χ1n) is 14.9. The van der Waals surface area contributed by atoms with Gasteiger partial charge in [-0.15, -0.1) is 0 Å². The zero-order chi connectivity index (χ0) is 32.5. The smallest absolute Gasteiger partial charge is 0.332 e. The topological polar surface area (TPSA) is 167 Å². The number of aliphatic hydroxyl groups is 1. The Bertz CT molecular complexity index is 1620. The van der Waals surface area contributed by atoms with Gasteiger partial charge < -0.3 is 35.3 Å². The Kier molecular flexibility index (Phi) is 11.2. The molecule has 4 aromatic rings. The van der Waals surface area contributed by atoms with E-state index in [9.17, 15) is 9.59 Å². The molecule has 2 unspecified atom stereocenters. The molecule has 4 heterocycles. The highest BCUT2D eigenvalue weighted by Gasteiger charge is 2.29. The SMILES string of the molecule is CNn1cnc2c(NCc3cc(Cl)ccc3OCC(=O)N3CCN(Cc4ccccc4)CC3)ncnc21.O=C(O)C1CC(O)CO1. The molecule has 46 heavy (non-hydrogen) atoms. The maximum absolute atomic E-state index is 12.9. The molecule has 15 heteroatoms. The molecule has 244 valence electrons. The number of halogens is 1. The number of carboxylic acid groups (broad SMARTS) is 1. The summed E-state index contributed by atoms with van der Waals surface area (Å²) in [6.07, 6.45) is 1.96. The van der Waals surface area contributed by atoms with Gasteiger partial charge in [0.05, 0.1) is 12.7 Å². The van der Waals surface area contributed by atoms with Crippen LogP contribution in [0.5, 0.6) is 5.75 Å². The maximum Gasteiger partial charge on any atom is 0.332 e. The number of piperazine rings is 1. The highest BCUT2D eigenvalue weighted by molar-refractivity contribution is 6.30. The second-order valence-corrected chi connectivity index (χ2v) is 11.3. The number of aliphatic hydroxyl groups excluding tert-OH is 1. The second kappa shape index (κ2) is 15.7. The number of aromatic nitrogens is 4. The minimum absolute atomic E-state index is 0.0247. The van der Waals surface area contributed by atoms with E-state index >= 15 is 0 Å². The number of nitrogens with zero attached hydrogens (tertiary/aromatic N) is 6. The van der Waals surface area contributed by atoms with Crippen LogP contribution in [-0.4, -0.2) is 110 Å². The number of hydrogen-bond donors (Lipinski definition) is 4. The Balaban J connectivity index is 0.000000400. The van der Waals surface area contributed by atoms with E-state index in [0.29, 0.717) is 47.4 Å². The van der Waals surface area contributed by atoms with Gasteiger partial charge in [0.1, 0.15) is 18.4 Å². The van der Waals surface area contributed by atoms with Crippen LogP contribution in [0.4, 0.5) is 5.82 Å². The molecule has 0 bridgehead atoms. The van der Waals surface area contributed by atoms with Crippen molar-refractivity contribution in [2.45, 2.75) is 31.7 Å². The third-order valence-electron chi connectivity index (χ3n) is 7.62. The van der Waals surface area contributed by atoms with Gasteiger partial charge in [-0.3, -0.25) is 9.69 Å². The van der Waals surface area contributed by atoms with Crippen molar-refractivity contribution in [3.8, 4) is 5.75 Å². The van der Waals surface area contributed by atoms with Crippen molar-refractivity contribution >= 4 is 40.5 Å². The first-order chi connectivity index (χ1) is 22.3. The van der Waals surface area contributed by atoms with Gasteiger partial charge in [0.25, 0.3) is 5.91 Å². The standard InChI is InChI=1S/C26H29ClN8O2.C5H8O4/c1-28-35-18-32-24-25(30-17-31-26(24)35)29-14-20-13-21(27)7-8-22(20)37-16-23(36)34-11-9-33(10-12-34)15-19-5-3-2-4-6-19;6-3-1-4(5(7)8)9-2-3/h2-8,13,17-18,28H,9-12,14-16H2,1H3,(H,29,30,31);3-4,6H,1-2H2,(H,7,8). The van der Waals surface area contributed by atoms with Gasteiger partial charge in [-0.25, -0.2) is 24.4 Å². The van der Waals surface area contributed by atoms with Crippen LogP contribution in [0.2, 0.25) is 5.02 Å². The van der Waals surface area contributed by atoms with Gasteiger partial charge in [0.15, 0.2) is 29.7 Å². The minimum Gasteiger partial charge on any atom is -0.483 e. The summed E-state index contributed by atoms with van der Waals surface area (Å²) in [5, 5.41) is 20.9. The average Bonchev–Trinajstić information content (AvgIpc) is 3.71. The lowest BCUT2D eigenvalue weighted by atomic mass is 10.2. The van der Waals surface area contributed by atoms with E-state index in [-0.39, 0.29) is 25.5 Å². The summed E-state index contributed by atoms with van der Waals surface area (Å²) >= 11 is 6.26. The van der Waals surface area contributed by atoms with Crippen LogP contribution < -0.4 is 15.5 Å². The van der Waals surface area contributed by atoms with Gasteiger partial charge in [-0.1, -0.05) is 41.9 Å². The first kappa shape index (κ1) is 32.9. The highest BCUT2D eigenvalue weighted by atomic mass is 35.5. The van der Waals surface area contributed by atoms with Crippen molar-refractivity contribution in [1.29, 1.82) is 0 Å². The Hall–Kier alpha value is -4.50. The van der Waals surface area contributed by atoms with Crippen LogP contribution in [0.1, 0.15) is 17.5 Å². The Labute approximate surface area is 270 Å². The molecular formula is C31H37ClN8O6. The maximum atomic E-state index is 12.9. The molecule has 0 spiro atoms. The van der Waals surface area contributed by atoms with Crippen LogP contribution in [0.25, 0.3) is 11.2 Å². The van der Waals surface area contributed by atoms with Crippen molar-refractivity contribution in [2.75, 3.05) is 57.2 Å². The third-order valence-corrected chi connectivity index (χ3v) is 7.85. The Morgan fingerprint density at radius 1 is 1.09 bits per heavy atom. The number of rotatable bonds is 10. The number of fused-ring (bicyclic) bond motifs is 1. The number of imidazole rings is 1. The van der Waals surface area contributed by atoms with Crippen molar-refractivity contribution < 1.29 is 29.3 Å². The Morgan fingerprint density at radius 2 is 1.87 bits per heavy atom. The number of nitrogens with one attached hydrogen (secondary N) is 2. The molecule has 14 nitrogen and oxygen atoms in total. The van der Waals surface area contributed by atoms with Crippen LogP contribution in [-0.2, 0) is 27.4 Å². The summed E-state index contributed by atoms with van der Waals surface area (Å²) in [5.74, 6) is 0.170. The summed E-state index contributed by atoms with van der Waals surface area (Å²) in [6.45, 7) is 4.46. The number of aliphatic carboxylic acids is 1. The third kappa shape index (κ3) is 8.60. The van der Waals surface area contributed by atoms with E-state index in [1.54, 1.807) is 30.2 Å². The number of hydrogen-bond acceptors (Lipinski definition) is 11. The summed E-state index contributed by atoms with van der Waals surface area (Å²) in [7, 11) is 1.79. The van der Waals surface area contributed by atoms with E-state index in [0.717, 1.165) is 25.2 Å². The minimum atomic E-state index is -0.994. The van der Waals surface area contributed by atoms with Crippen LogP contribution >= 0.6 is 11.6 Å². The van der Waals surface area contributed by atoms with Gasteiger partial charge in [-0.05, 0) is 23.8 Å². The predicted molar refractivity (Wildman–Crippen MR) is 171 cm³/mol. The van der Waals surface area contributed by atoms with Crippen molar-refractivity contribution in [3.05, 3.63) is 77.3 Å². The highest BCUT2D eigenvalue weighted by Crippen LogP contribution is 2.25. The number of carbonyl (C=O) groups excluding carboxylic acids is 1. The van der Waals surface area contributed by atoms with E-state index < -0.39 is 18.2 Å². The summed E-state index contributed by atoms with van der Waals surface area (Å²) in [6, 6.07) is 15.8. The summed E-state index contributed by atoms with van der Waals surface area (Å²) in [5.41, 5.74) is 6.40. The molecule has 6 rings (SSSR count). The number of ether oxygens (including phenoxy) is 2. The lowest BCUT2D eigenvalue weighted by molar-refractivity contribution is -0.147. The van der Waals surface area contributed by atoms with Crippen LogP contribution in [0.3, 0.4) is 0 Å². The number of carboxylic acids is 1. The molecule has 0 radical (unpaired) electrons. The largest absolute Gasteiger partial charge is 0.483 e.